The lowest BCUT2D eigenvalue weighted by Gasteiger charge is -2.31. The summed E-state index contributed by atoms with van der Waals surface area (Å²) in [6.07, 6.45) is -0.0909. The standard InChI is InChI=1S/C13H17F2NO/c14-13(15)6-7-16-8-12(13)10-17-9-11-4-2-1-3-5-11/h1-5,12,16H,6-10H2/t12-/m1/s1. The molecule has 2 rings (SSSR count). The zero-order valence-electron chi connectivity index (χ0n) is 9.66. The first kappa shape index (κ1) is 12.5. The Hall–Kier alpha value is -1.00. The van der Waals surface area contributed by atoms with Crippen LogP contribution in [0.15, 0.2) is 30.3 Å². The number of hydrogen-bond donors (Lipinski definition) is 1. The van der Waals surface area contributed by atoms with Crippen molar-refractivity contribution in [1.29, 1.82) is 0 Å². The average Bonchev–Trinajstić information content (AvgIpc) is 2.32. The first-order valence-electron chi connectivity index (χ1n) is 5.89. The lowest BCUT2D eigenvalue weighted by molar-refractivity contribution is -0.106. The predicted octanol–water partition coefficient (Wildman–Crippen LogP) is 2.45. The van der Waals surface area contributed by atoms with Gasteiger partial charge in [0.05, 0.1) is 19.1 Å². The van der Waals surface area contributed by atoms with E-state index in [4.69, 9.17) is 4.74 Å². The molecule has 0 saturated carbocycles. The van der Waals surface area contributed by atoms with Gasteiger partial charge in [-0.25, -0.2) is 8.78 Å². The van der Waals surface area contributed by atoms with Crippen LogP contribution in [0.1, 0.15) is 12.0 Å². The molecule has 1 aliphatic rings. The minimum absolute atomic E-state index is 0.0909. The maximum Gasteiger partial charge on any atom is 0.255 e. The maximum atomic E-state index is 13.5. The van der Waals surface area contributed by atoms with Gasteiger partial charge < -0.3 is 10.1 Å². The molecule has 4 heteroatoms. The van der Waals surface area contributed by atoms with Crippen LogP contribution < -0.4 is 5.32 Å². The Labute approximate surface area is 100.0 Å². The second-order valence-corrected chi connectivity index (χ2v) is 4.41. The summed E-state index contributed by atoms with van der Waals surface area (Å²) in [6.45, 7) is 1.23. The smallest absolute Gasteiger partial charge is 0.255 e. The molecule has 0 radical (unpaired) electrons. The summed E-state index contributed by atoms with van der Waals surface area (Å²) in [6, 6.07) is 9.60. The maximum absolute atomic E-state index is 13.5. The third-order valence-corrected chi connectivity index (χ3v) is 3.05. The van der Waals surface area contributed by atoms with E-state index < -0.39 is 11.8 Å². The van der Waals surface area contributed by atoms with Gasteiger partial charge in [-0.1, -0.05) is 30.3 Å². The van der Waals surface area contributed by atoms with Crippen LogP contribution in [0.3, 0.4) is 0 Å². The second-order valence-electron chi connectivity index (χ2n) is 4.41. The molecule has 94 valence electrons. The van der Waals surface area contributed by atoms with Crippen molar-refractivity contribution in [2.75, 3.05) is 19.7 Å². The van der Waals surface area contributed by atoms with E-state index in [0.29, 0.717) is 19.7 Å². The van der Waals surface area contributed by atoms with Crippen LogP contribution in [0.25, 0.3) is 0 Å². The molecule has 0 spiro atoms. The van der Waals surface area contributed by atoms with E-state index in [1.54, 1.807) is 0 Å². The van der Waals surface area contributed by atoms with Gasteiger partial charge >= 0.3 is 0 Å². The third kappa shape index (κ3) is 3.48. The van der Waals surface area contributed by atoms with E-state index in [1.165, 1.54) is 0 Å². The van der Waals surface area contributed by atoms with Crippen LogP contribution in [-0.2, 0) is 11.3 Å². The van der Waals surface area contributed by atoms with Crippen LogP contribution in [0, 0.1) is 5.92 Å². The van der Waals surface area contributed by atoms with Gasteiger partial charge in [-0.2, -0.15) is 0 Å². The highest BCUT2D eigenvalue weighted by Crippen LogP contribution is 2.30. The monoisotopic (exact) mass is 241 g/mol. The minimum atomic E-state index is -2.60. The van der Waals surface area contributed by atoms with Gasteiger partial charge in [0.25, 0.3) is 5.92 Å². The Morgan fingerprint density at radius 3 is 2.76 bits per heavy atom. The number of rotatable bonds is 4. The number of piperidine rings is 1. The third-order valence-electron chi connectivity index (χ3n) is 3.05. The van der Waals surface area contributed by atoms with Crippen molar-refractivity contribution in [3.05, 3.63) is 35.9 Å². The summed E-state index contributed by atoms with van der Waals surface area (Å²) in [5.41, 5.74) is 1.01. The molecule has 0 unspecified atom stereocenters. The summed E-state index contributed by atoms with van der Waals surface area (Å²) in [4.78, 5) is 0. The molecule has 0 amide bonds. The van der Waals surface area contributed by atoms with Crippen LogP contribution in [0.4, 0.5) is 8.78 Å². The molecule has 17 heavy (non-hydrogen) atoms. The molecule has 1 N–H and O–H groups in total. The van der Waals surface area contributed by atoms with Crippen molar-refractivity contribution in [1.82, 2.24) is 5.32 Å². The van der Waals surface area contributed by atoms with Crippen molar-refractivity contribution in [2.24, 2.45) is 5.92 Å². The molecule has 1 heterocycles. The van der Waals surface area contributed by atoms with Gasteiger partial charge in [0.1, 0.15) is 0 Å². The quantitative estimate of drug-likeness (QED) is 0.874. The SMILES string of the molecule is FC1(F)CCNC[C@@H]1COCc1ccccc1. The predicted molar refractivity (Wildman–Crippen MR) is 62.0 cm³/mol. The molecule has 1 aliphatic heterocycles. The molecular formula is C13H17F2NO. The number of hydrogen-bond acceptors (Lipinski definition) is 2. The summed E-state index contributed by atoms with van der Waals surface area (Å²) in [5.74, 6) is -3.30. The van der Waals surface area contributed by atoms with Crippen molar-refractivity contribution < 1.29 is 13.5 Å². The van der Waals surface area contributed by atoms with Crippen molar-refractivity contribution in [3.63, 3.8) is 0 Å². The van der Waals surface area contributed by atoms with E-state index >= 15 is 0 Å². The Bertz CT molecular complexity index is 343. The van der Waals surface area contributed by atoms with Crippen LogP contribution >= 0.6 is 0 Å². The fourth-order valence-electron chi connectivity index (χ4n) is 1.96. The topological polar surface area (TPSA) is 21.3 Å². The van der Waals surface area contributed by atoms with Gasteiger partial charge in [0.2, 0.25) is 0 Å². The highest BCUT2D eigenvalue weighted by atomic mass is 19.3. The molecule has 2 nitrogen and oxygen atoms in total. The van der Waals surface area contributed by atoms with Crippen LogP contribution in [-0.4, -0.2) is 25.6 Å². The highest BCUT2D eigenvalue weighted by Gasteiger charge is 2.41. The van der Waals surface area contributed by atoms with Gasteiger partial charge in [-0.15, -0.1) is 0 Å². The lowest BCUT2D eigenvalue weighted by Crippen LogP contribution is -2.46. The number of alkyl halides is 2. The van der Waals surface area contributed by atoms with Crippen LogP contribution in [0.2, 0.25) is 0 Å². The molecule has 0 aliphatic carbocycles. The first-order chi connectivity index (χ1) is 8.18. The van der Waals surface area contributed by atoms with Gasteiger partial charge in [-0.05, 0) is 5.56 Å². The highest BCUT2D eigenvalue weighted by molar-refractivity contribution is 5.13. The van der Waals surface area contributed by atoms with E-state index in [1.807, 2.05) is 30.3 Å². The fraction of sp³-hybridized carbons (Fsp3) is 0.538. The second kappa shape index (κ2) is 5.56. The zero-order valence-corrected chi connectivity index (χ0v) is 9.66. The van der Waals surface area contributed by atoms with Crippen molar-refractivity contribution >= 4 is 0 Å². The van der Waals surface area contributed by atoms with E-state index in [2.05, 4.69) is 5.32 Å². The fourth-order valence-corrected chi connectivity index (χ4v) is 1.96. The molecule has 0 aromatic heterocycles. The van der Waals surface area contributed by atoms with Crippen LogP contribution in [0.5, 0.6) is 0 Å². The number of halogens is 2. The molecule has 0 bridgehead atoms. The summed E-state index contributed by atoms with van der Waals surface area (Å²) < 4.78 is 32.3. The normalized spacial score (nSPS) is 23.5. The van der Waals surface area contributed by atoms with Crippen molar-refractivity contribution in [2.45, 2.75) is 19.0 Å². The van der Waals surface area contributed by atoms with E-state index in [9.17, 15) is 8.78 Å². The number of benzene rings is 1. The molecule has 1 aromatic rings. The Kier molecular flexibility index (Phi) is 4.07. The molecular weight excluding hydrogens is 224 g/mol. The van der Waals surface area contributed by atoms with Gasteiger partial charge in [0.15, 0.2) is 0 Å². The summed E-state index contributed by atoms with van der Waals surface area (Å²) >= 11 is 0. The number of ether oxygens (including phenoxy) is 1. The summed E-state index contributed by atoms with van der Waals surface area (Å²) in [7, 11) is 0. The Morgan fingerprint density at radius 1 is 1.29 bits per heavy atom. The van der Waals surface area contributed by atoms with Gasteiger partial charge in [-0.3, -0.25) is 0 Å². The lowest BCUT2D eigenvalue weighted by atomic mass is 9.96. The summed E-state index contributed by atoms with van der Waals surface area (Å²) in [5, 5.41) is 2.98. The van der Waals surface area contributed by atoms with E-state index in [-0.39, 0.29) is 13.0 Å². The Balaban J connectivity index is 1.78. The first-order valence-corrected chi connectivity index (χ1v) is 5.89. The Morgan fingerprint density at radius 2 is 2.06 bits per heavy atom. The molecule has 1 saturated heterocycles. The van der Waals surface area contributed by atoms with Crippen molar-refractivity contribution in [3.8, 4) is 0 Å². The van der Waals surface area contributed by atoms with Gasteiger partial charge in [0, 0.05) is 19.5 Å². The molecule has 1 atom stereocenters. The molecule has 1 aromatic carbocycles. The average molecular weight is 241 g/mol. The number of nitrogens with one attached hydrogen (secondary N) is 1. The minimum Gasteiger partial charge on any atom is -0.376 e. The molecule has 1 fully saturated rings. The largest absolute Gasteiger partial charge is 0.376 e. The zero-order chi connectivity index (χ0) is 12.1. The van der Waals surface area contributed by atoms with E-state index in [0.717, 1.165) is 5.56 Å².